The minimum Gasteiger partial charge on any atom is -0.435 e. The molecule has 0 N–H and O–H groups in total. The third-order valence-electron chi connectivity index (χ3n) is 0.950. The van der Waals surface area contributed by atoms with Crippen LogP contribution in [0.1, 0.15) is 0 Å². The summed E-state index contributed by atoms with van der Waals surface area (Å²) in [4.78, 5) is 0. The molecule has 0 atom stereocenters. The van der Waals surface area contributed by atoms with Crippen LogP contribution < -0.4 is 0 Å². The number of hydrogen-bond acceptors (Lipinski definition) is 2. The van der Waals surface area contributed by atoms with Crippen LogP contribution in [-0.2, 0) is 9.47 Å². The fourth-order valence-corrected chi connectivity index (χ4v) is 1.46. The molecule has 12 heavy (non-hydrogen) atoms. The quantitative estimate of drug-likeness (QED) is 0.483. The summed E-state index contributed by atoms with van der Waals surface area (Å²) < 4.78 is 10.0. The van der Waals surface area contributed by atoms with Crippen molar-refractivity contribution in [2.45, 2.75) is 19.6 Å². The van der Waals surface area contributed by atoms with E-state index >= 15 is 0 Å². The van der Waals surface area contributed by atoms with Gasteiger partial charge in [-0.3, -0.25) is 0 Å². The molecule has 0 saturated heterocycles. The molecule has 68 valence electrons. The first-order chi connectivity index (χ1) is 5.49. The van der Waals surface area contributed by atoms with Crippen molar-refractivity contribution in [2.24, 2.45) is 0 Å². The summed E-state index contributed by atoms with van der Waals surface area (Å²) >= 11 is 0. The third-order valence-corrected chi connectivity index (χ3v) is 2.05. The van der Waals surface area contributed by atoms with E-state index in [2.05, 4.69) is 32.8 Å². The SMILES string of the molecule is C=COC(=C[Si](C)(C)C)OC=C. The average molecular weight is 184 g/mol. The lowest BCUT2D eigenvalue weighted by atomic mass is 10.9. The normalized spacial score (nSPS) is 9.92. The molecule has 0 bridgehead atoms. The Hall–Kier alpha value is -0.963. The second-order valence-corrected chi connectivity index (χ2v) is 8.42. The van der Waals surface area contributed by atoms with Gasteiger partial charge >= 0.3 is 0 Å². The third kappa shape index (κ3) is 5.79. The first kappa shape index (κ1) is 11.0. The second kappa shape index (κ2) is 4.82. The molecule has 0 aliphatic carbocycles. The van der Waals surface area contributed by atoms with E-state index in [1.54, 1.807) is 0 Å². The molecular formula is C9H16O2Si. The fraction of sp³-hybridized carbons (Fsp3) is 0.333. The van der Waals surface area contributed by atoms with Gasteiger partial charge < -0.3 is 9.47 Å². The summed E-state index contributed by atoms with van der Waals surface area (Å²) in [6.07, 6.45) is 2.69. The van der Waals surface area contributed by atoms with Gasteiger partial charge in [-0.05, 0) is 5.70 Å². The summed E-state index contributed by atoms with van der Waals surface area (Å²) in [6.45, 7) is 13.5. The van der Waals surface area contributed by atoms with Crippen LogP contribution in [0, 0.1) is 0 Å². The van der Waals surface area contributed by atoms with Gasteiger partial charge in [0.25, 0.3) is 5.95 Å². The van der Waals surface area contributed by atoms with Crippen LogP contribution in [0.15, 0.2) is 37.3 Å². The van der Waals surface area contributed by atoms with Gasteiger partial charge in [-0.15, -0.1) is 0 Å². The Morgan fingerprint density at radius 2 is 1.50 bits per heavy atom. The number of hydrogen-bond donors (Lipinski definition) is 0. The van der Waals surface area contributed by atoms with Gasteiger partial charge in [0.2, 0.25) is 0 Å². The number of ether oxygens (including phenoxy) is 2. The van der Waals surface area contributed by atoms with Crippen molar-refractivity contribution in [3.8, 4) is 0 Å². The molecule has 0 aliphatic heterocycles. The van der Waals surface area contributed by atoms with Crippen LogP contribution in [0.25, 0.3) is 0 Å². The Morgan fingerprint density at radius 1 is 1.08 bits per heavy atom. The zero-order valence-electron chi connectivity index (χ0n) is 7.96. The zero-order valence-corrected chi connectivity index (χ0v) is 8.96. The van der Waals surface area contributed by atoms with E-state index in [1.807, 2.05) is 5.70 Å². The maximum Gasteiger partial charge on any atom is 0.280 e. The molecular weight excluding hydrogens is 168 g/mol. The Balaban J connectivity index is 4.36. The van der Waals surface area contributed by atoms with Crippen LogP contribution in [-0.4, -0.2) is 8.07 Å². The van der Waals surface area contributed by atoms with Crippen molar-refractivity contribution in [3.05, 3.63) is 37.3 Å². The van der Waals surface area contributed by atoms with Crippen LogP contribution in [0.5, 0.6) is 0 Å². The smallest absolute Gasteiger partial charge is 0.280 e. The lowest BCUT2D eigenvalue weighted by Gasteiger charge is -2.11. The molecule has 0 aromatic rings. The molecule has 0 unspecified atom stereocenters. The highest BCUT2D eigenvalue weighted by Crippen LogP contribution is 2.09. The molecule has 0 fully saturated rings. The second-order valence-electron chi connectivity index (χ2n) is 3.40. The lowest BCUT2D eigenvalue weighted by Crippen LogP contribution is -2.17. The van der Waals surface area contributed by atoms with Gasteiger partial charge in [0.1, 0.15) is 0 Å². The topological polar surface area (TPSA) is 18.5 Å². The maximum atomic E-state index is 5.02. The Bertz CT molecular complexity index is 177. The van der Waals surface area contributed by atoms with Gasteiger partial charge in [-0.1, -0.05) is 32.8 Å². The highest BCUT2D eigenvalue weighted by molar-refractivity contribution is 6.81. The van der Waals surface area contributed by atoms with E-state index in [0.29, 0.717) is 5.95 Å². The highest BCUT2D eigenvalue weighted by Gasteiger charge is 2.12. The van der Waals surface area contributed by atoms with E-state index in [1.165, 1.54) is 12.5 Å². The van der Waals surface area contributed by atoms with Crippen LogP contribution >= 0.6 is 0 Å². The van der Waals surface area contributed by atoms with E-state index in [-0.39, 0.29) is 0 Å². The first-order valence-corrected chi connectivity index (χ1v) is 7.35. The van der Waals surface area contributed by atoms with Crippen molar-refractivity contribution >= 4 is 8.07 Å². The van der Waals surface area contributed by atoms with E-state index in [0.717, 1.165) is 0 Å². The molecule has 0 aliphatic rings. The minimum atomic E-state index is -1.30. The monoisotopic (exact) mass is 184 g/mol. The molecule has 0 spiro atoms. The number of rotatable bonds is 5. The molecule has 0 rings (SSSR count). The molecule has 0 radical (unpaired) electrons. The largest absolute Gasteiger partial charge is 0.435 e. The Labute approximate surface area is 75.2 Å². The van der Waals surface area contributed by atoms with Gasteiger partial charge in [0.15, 0.2) is 0 Å². The predicted octanol–water partition coefficient (Wildman–Crippen LogP) is 3.03. The first-order valence-electron chi connectivity index (χ1n) is 3.77. The lowest BCUT2D eigenvalue weighted by molar-refractivity contribution is 0.151. The Kier molecular flexibility index (Phi) is 4.44. The van der Waals surface area contributed by atoms with Crippen LogP contribution in [0.4, 0.5) is 0 Å². The highest BCUT2D eigenvalue weighted by atomic mass is 28.3. The van der Waals surface area contributed by atoms with Crippen molar-refractivity contribution in [1.29, 1.82) is 0 Å². The van der Waals surface area contributed by atoms with Gasteiger partial charge in [0, 0.05) is 0 Å². The van der Waals surface area contributed by atoms with Crippen molar-refractivity contribution < 1.29 is 9.47 Å². The standard InChI is InChI=1S/C9H16O2Si/c1-6-10-9(11-7-2)8-12(3,4)5/h6-8H,1-2H2,3-5H3. The molecule has 0 heterocycles. The van der Waals surface area contributed by atoms with Crippen LogP contribution in [0.2, 0.25) is 19.6 Å². The molecule has 2 nitrogen and oxygen atoms in total. The van der Waals surface area contributed by atoms with Crippen molar-refractivity contribution in [1.82, 2.24) is 0 Å². The fourth-order valence-electron chi connectivity index (χ4n) is 0.614. The molecule has 0 amide bonds. The molecule has 0 saturated carbocycles. The van der Waals surface area contributed by atoms with E-state index < -0.39 is 8.07 Å². The zero-order chi connectivity index (χ0) is 9.61. The minimum absolute atomic E-state index is 0.471. The van der Waals surface area contributed by atoms with Gasteiger partial charge in [0.05, 0.1) is 20.6 Å². The summed E-state index contributed by atoms with van der Waals surface area (Å²) in [5.74, 6) is 0.471. The van der Waals surface area contributed by atoms with Crippen molar-refractivity contribution in [2.75, 3.05) is 0 Å². The molecule has 0 aromatic carbocycles. The van der Waals surface area contributed by atoms with Crippen molar-refractivity contribution in [3.63, 3.8) is 0 Å². The summed E-state index contributed by atoms with van der Waals surface area (Å²) in [5, 5.41) is 0. The van der Waals surface area contributed by atoms with Gasteiger partial charge in [-0.25, -0.2) is 0 Å². The summed E-state index contributed by atoms with van der Waals surface area (Å²) in [5.41, 5.74) is 2.00. The van der Waals surface area contributed by atoms with Crippen LogP contribution in [0.3, 0.4) is 0 Å². The maximum absolute atomic E-state index is 5.02. The summed E-state index contributed by atoms with van der Waals surface area (Å²) in [7, 11) is -1.30. The Morgan fingerprint density at radius 3 is 1.75 bits per heavy atom. The van der Waals surface area contributed by atoms with E-state index in [4.69, 9.17) is 9.47 Å². The molecule has 3 heteroatoms. The van der Waals surface area contributed by atoms with E-state index in [9.17, 15) is 0 Å². The predicted molar refractivity (Wildman–Crippen MR) is 54.0 cm³/mol. The van der Waals surface area contributed by atoms with Gasteiger partial charge in [-0.2, -0.15) is 0 Å². The summed E-state index contributed by atoms with van der Waals surface area (Å²) in [6, 6.07) is 0. The average Bonchev–Trinajstić information content (AvgIpc) is 1.84. The molecule has 0 aromatic heterocycles.